The van der Waals surface area contributed by atoms with Gasteiger partial charge in [-0.15, -0.1) is 44.5 Å². The number of alkyl halides is 6. The van der Waals surface area contributed by atoms with Crippen LogP contribution in [0.3, 0.4) is 0 Å². The van der Waals surface area contributed by atoms with Gasteiger partial charge >= 0.3 is 37.8 Å². The minimum atomic E-state index is -5.16. The quantitative estimate of drug-likeness (QED) is 0.0916. The van der Waals surface area contributed by atoms with Crippen molar-refractivity contribution < 1.29 is 52.5 Å². The molecular formula is C25H47F6N3SiZr. The van der Waals surface area contributed by atoms with Crippen LogP contribution in [0, 0.1) is 0 Å². The van der Waals surface area contributed by atoms with Crippen molar-refractivity contribution in [2.45, 2.75) is 91.7 Å². The Labute approximate surface area is 237 Å². The van der Waals surface area contributed by atoms with Gasteiger partial charge in [-0.05, 0) is 0 Å². The van der Waals surface area contributed by atoms with E-state index in [1.807, 2.05) is 0 Å². The van der Waals surface area contributed by atoms with Gasteiger partial charge in [0.05, 0.1) is 0 Å². The minimum Gasteiger partial charge on any atom is -0.662 e. The summed E-state index contributed by atoms with van der Waals surface area (Å²) < 4.78 is 72.7. The number of hydrogen-bond acceptors (Lipinski definition) is 0. The summed E-state index contributed by atoms with van der Waals surface area (Å²) in [6, 6.07) is 4.09. The first-order chi connectivity index (χ1) is 16.5. The smallest absolute Gasteiger partial charge is 0.662 e. The summed E-state index contributed by atoms with van der Waals surface area (Å²) in [4.78, 5) is 0. The van der Waals surface area contributed by atoms with Crippen LogP contribution in [0.2, 0.25) is 0 Å². The fraction of sp³-hybridized carbons (Fsp3) is 0.800. The Balaban J connectivity index is -0.000000201. The zero-order valence-corrected chi connectivity index (χ0v) is 26.6. The van der Waals surface area contributed by atoms with Crippen molar-refractivity contribution in [1.29, 1.82) is 0 Å². The van der Waals surface area contributed by atoms with E-state index in [1.165, 1.54) is 50.7 Å². The van der Waals surface area contributed by atoms with Crippen LogP contribution in [0.5, 0.6) is 0 Å². The Bertz CT molecular complexity index is 465. The summed E-state index contributed by atoms with van der Waals surface area (Å²) >= 11 is 0. The molecule has 1 aromatic rings. The van der Waals surface area contributed by atoms with Crippen LogP contribution in [0.4, 0.5) is 26.3 Å². The van der Waals surface area contributed by atoms with Gasteiger partial charge in [0.1, 0.15) is 0 Å². The van der Waals surface area contributed by atoms with Crippen LogP contribution >= 0.6 is 0 Å². The molecule has 212 valence electrons. The third kappa shape index (κ3) is 30.1. The molecule has 0 bridgehead atoms. The van der Waals surface area contributed by atoms with E-state index >= 15 is 0 Å². The molecule has 0 spiro atoms. The molecule has 11 heteroatoms. The second-order valence-corrected chi connectivity index (χ2v) is 10.6. The fourth-order valence-corrected chi connectivity index (χ4v) is 4.16. The molecule has 0 amide bonds. The van der Waals surface area contributed by atoms with Gasteiger partial charge < -0.3 is 16.0 Å². The zero-order valence-electron chi connectivity index (χ0n) is 23.0. The summed E-state index contributed by atoms with van der Waals surface area (Å²) in [5.41, 5.74) is 0. The first-order valence-corrected chi connectivity index (χ1v) is 14.4. The van der Waals surface area contributed by atoms with Crippen molar-refractivity contribution in [3.63, 3.8) is 0 Å². The van der Waals surface area contributed by atoms with E-state index in [4.69, 9.17) is 0 Å². The van der Waals surface area contributed by atoms with Gasteiger partial charge in [0.25, 0.3) is 8.80 Å². The fourth-order valence-electron chi connectivity index (χ4n) is 2.43. The number of halogens is 6. The third-order valence-electron chi connectivity index (χ3n) is 3.97. The maximum atomic E-state index is 12.1. The molecule has 0 aliphatic carbocycles. The molecule has 36 heavy (non-hydrogen) atoms. The SMILES string of the molecule is CCC[N-]CCC.CCC[N-]CCC.CCC[N-]CCC.FC(F)(F)[SiH]([c-]1cccc1)C(F)(F)F.[Zr+4]. The maximum Gasteiger partial charge on any atom is 4.00 e. The summed E-state index contributed by atoms with van der Waals surface area (Å²) in [7, 11) is -4.92. The van der Waals surface area contributed by atoms with Crippen LogP contribution in [0.25, 0.3) is 16.0 Å². The summed E-state index contributed by atoms with van der Waals surface area (Å²) in [6.07, 6.45) is 7.17. The van der Waals surface area contributed by atoms with E-state index in [0.29, 0.717) is 0 Å². The molecule has 0 aliphatic heterocycles. The summed E-state index contributed by atoms with van der Waals surface area (Å²) in [5, 5.41) is 12.0. The average Bonchev–Trinajstić information content (AvgIpc) is 3.28. The second kappa shape index (κ2) is 29.5. The first-order valence-electron chi connectivity index (χ1n) is 12.7. The number of nitrogens with zero attached hydrogens (tertiary/aromatic N) is 3. The molecule has 0 aliphatic rings. The summed E-state index contributed by atoms with van der Waals surface area (Å²) in [6.45, 7) is 19.2. The average molecular weight is 623 g/mol. The molecule has 3 nitrogen and oxygen atoms in total. The van der Waals surface area contributed by atoms with Crippen LogP contribution in [-0.2, 0) is 26.2 Å². The molecule has 1 rings (SSSR count). The Morgan fingerprint density at radius 2 is 0.750 bits per heavy atom. The van der Waals surface area contributed by atoms with Crippen molar-refractivity contribution in [2.24, 2.45) is 0 Å². The van der Waals surface area contributed by atoms with Crippen molar-refractivity contribution in [1.82, 2.24) is 0 Å². The molecule has 0 fully saturated rings. The number of rotatable bonds is 13. The molecule has 1 aromatic carbocycles. The van der Waals surface area contributed by atoms with E-state index in [2.05, 4.69) is 57.5 Å². The molecule has 0 radical (unpaired) electrons. The largest absolute Gasteiger partial charge is 4.00 e. The van der Waals surface area contributed by atoms with Gasteiger partial charge in [-0.1, -0.05) is 80.1 Å². The van der Waals surface area contributed by atoms with Gasteiger partial charge in [0.15, 0.2) is 0 Å². The second-order valence-electron chi connectivity index (χ2n) is 7.75. The molecule has 0 atom stereocenters. The summed E-state index contributed by atoms with van der Waals surface area (Å²) in [5.74, 6) is -10.3. The van der Waals surface area contributed by atoms with Crippen LogP contribution in [0.15, 0.2) is 24.3 Å². The Hall–Kier alpha value is -0.0900. The van der Waals surface area contributed by atoms with Crippen LogP contribution < -0.4 is 5.19 Å². The van der Waals surface area contributed by atoms with Crippen molar-refractivity contribution in [3.05, 3.63) is 40.2 Å². The normalized spacial score (nSPS) is 10.8. The molecule has 0 saturated carbocycles. The van der Waals surface area contributed by atoms with Crippen molar-refractivity contribution >= 4 is 14.0 Å². The monoisotopic (exact) mass is 621 g/mol. The molecule has 0 saturated heterocycles. The van der Waals surface area contributed by atoms with Gasteiger partial charge in [-0.2, -0.15) is 38.5 Å². The standard InChI is InChI=1S/C7H5F6Si.3C6H14N.Zr/c8-6(9,10)14(7(11,12)13)5-3-1-2-4-5;3*1-3-5-7-6-4-2;/h1-4,14H;3*3-6H2,1-2H3;/q4*-1;+4. The van der Waals surface area contributed by atoms with E-state index in [1.54, 1.807) is 0 Å². The molecule has 0 N–H and O–H groups in total. The minimum absolute atomic E-state index is 0. The van der Waals surface area contributed by atoms with Crippen molar-refractivity contribution in [3.8, 4) is 0 Å². The zero-order chi connectivity index (χ0) is 27.6. The maximum absolute atomic E-state index is 12.1. The third-order valence-corrected chi connectivity index (χ3v) is 6.33. The van der Waals surface area contributed by atoms with Gasteiger partial charge in [-0.3, -0.25) is 0 Å². The first kappa shape index (κ1) is 43.0. The predicted octanol–water partition coefficient (Wildman–Crippen LogP) is 8.58. The molecule has 0 heterocycles. The van der Waals surface area contributed by atoms with E-state index in [-0.39, 0.29) is 26.2 Å². The Kier molecular flexibility index (Phi) is 35.2. The van der Waals surface area contributed by atoms with Gasteiger partial charge in [0, 0.05) is 0 Å². The molecular weight excluding hydrogens is 576 g/mol. The van der Waals surface area contributed by atoms with Crippen LogP contribution in [0.1, 0.15) is 80.1 Å². The molecule has 0 unspecified atom stereocenters. The van der Waals surface area contributed by atoms with E-state index in [9.17, 15) is 26.3 Å². The van der Waals surface area contributed by atoms with Crippen LogP contribution in [-0.4, -0.2) is 59.7 Å². The van der Waals surface area contributed by atoms with Gasteiger partial charge in [-0.25, -0.2) is 12.1 Å². The van der Waals surface area contributed by atoms with Crippen molar-refractivity contribution in [2.75, 3.05) is 39.3 Å². The van der Waals surface area contributed by atoms with E-state index in [0.717, 1.165) is 51.4 Å². The predicted molar refractivity (Wildman–Crippen MR) is 142 cm³/mol. The topological polar surface area (TPSA) is 42.3 Å². The van der Waals surface area contributed by atoms with Gasteiger partial charge in [0.2, 0.25) is 0 Å². The van der Waals surface area contributed by atoms with E-state index < -0.39 is 25.6 Å². The molecule has 0 aromatic heterocycles. The number of hydrogen-bond donors (Lipinski definition) is 0. The Morgan fingerprint density at radius 3 is 0.917 bits per heavy atom. The Morgan fingerprint density at radius 1 is 0.528 bits per heavy atom.